The van der Waals surface area contributed by atoms with Crippen LogP contribution < -0.4 is 45.8 Å². The number of hydrogen-bond donors (Lipinski definition) is 0. The summed E-state index contributed by atoms with van der Waals surface area (Å²) in [6.45, 7) is -0.147. The highest BCUT2D eigenvalue weighted by Crippen LogP contribution is 2.63. The third-order valence-corrected chi connectivity index (χ3v) is 17.7. The summed E-state index contributed by atoms with van der Waals surface area (Å²) < 4.78 is 0. The summed E-state index contributed by atoms with van der Waals surface area (Å²) >= 11 is 0. The highest BCUT2D eigenvalue weighted by molar-refractivity contribution is 7.00. The molecule has 0 N–H and O–H groups in total. The molecule has 86 heavy (non-hydrogen) atoms. The molecule has 13 aromatic carbocycles. The molecule has 6 nitrogen and oxygen atoms in total. The molecule has 1 atom stereocenters. The Bertz CT molecular complexity index is 4300. The van der Waals surface area contributed by atoms with Gasteiger partial charge in [0.2, 0.25) is 0 Å². The second-order valence-electron chi connectivity index (χ2n) is 22.4. The smallest absolute Gasteiger partial charge is 0.252 e. The molecular weight excluding hydrogens is 1040 g/mol. The van der Waals surface area contributed by atoms with Crippen molar-refractivity contribution in [1.29, 1.82) is 0 Å². The second-order valence-corrected chi connectivity index (χ2v) is 22.4. The van der Waals surface area contributed by atoms with E-state index in [4.69, 9.17) is 0 Å². The van der Waals surface area contributed by atoms with Gasteiger partial charge in [-0.3, -0.25) is 0 Å². The summed E-state index contributed by atoms with van der Waals surface area (Å²) in [7, 11) is 0. The molecule has 1 unspecified atom stereocenters. The van der Waals surface area contributed by atoms with Crippen LogP contribution in [0.5, 0.6) is 0 Å². The zero-order valence-electron chi connectivity index (χ0n) is 47.0. The first-order valence-corrected chi connectivity index (χ1v) is 29.7. The maximum absolute atomic E-state index is 2.62. The molecule has 0 radical (unpaired) electrons. The summed E-state index contributed by atoms with van der Waals surface area (Å²) in [6.07, 6.45) is 0. The molecule has 0 bridgehead atoms. The third kappa shape index (κ3) is 7.82. The molecule has 7 heteroatoms. The highest BCUT2D eigenvalue weighted by atomic mass is 15.2. The molecule has 4 aliphatic rings. The van der Waals surface area contributed by atoms with E-state index in [1.807, 2.05) is 0 Å². The SMILES string of the molecule is c1ccc(N(c2ccccc2)c2cc3c4c(c2)N(c2ccccc2)c2cc5c(cc2B4c2ccccc2N3c2ccccc2)C2c3ccccc3N(c3ccccc3)c3cc(N(c4ccccc4)c4ccccc4)cc(c32)N5c2ccccc2)cc1. The fourth-order valence-electron chi connectivity index (χ4n) is 14.2. The quantitative estimate of drug-likeness (QED) is 0.126. The van der Waals surface area contributed by atoms with Crippen molar-refractivity contribution in [3.63, 3.8) is 0 Å². The van der Waals surface area contributed by atoms with Gasteiger partial charge in [-0.15, -0.1) is 0 Å². The van der Waals surface area contributed by atoms with Crippen LogP contribution in [0.25, 0.3) is 0 Å². The normalized spacial score (nSPS) is 13.8. The minimum atomic E-state index is -0.147. The van der Waals surface area contributed by atoms with E-state index in [0.717, 1.165) is 102 Å². The molecule has 13 aromatic rings. The number of benzene rings is 13. The summed E-state index contributed by atoms with van der Waals surface area (Å²) in [6, 6.07) is 120. The molecule has 0 aromatic heterocycles. The van der Waals surface area contributed by atoms with Gasteiger partial charge in [-0.25, -0.2) is 0 Å². The van der Waals surface area contributed by atoms with Gasteiger partial charge in [0.15, 0.2) is 0 Å². The van der Waals surface area contributed by atoms with E-state index in [0.29, 0.717) is 0 Å². The molecule has 0 fully saturated rings. The van der Waals surface area contributed by atoms with Crippen LogP contribution in [-0.2, 0) is 0 Å². The van der Waals surface area contributed by atoms with E-state index in [9.17, 15) is 0 Å². The maximum Gasteiger partial charge on any atom is 0.252 e. The molecule has 4 aliphatic heterocycles. The number of rotatable bonds is 10. The summed E-state index contributed by atoms with van der Waals surface area (Å²) in [4.78, 5) is 15.0. The van der Waals surface area contributed by atoms with Gasteiger partial charge in [-0.1, -0.05) is 188 Å². The topological polar surface area (TPSA) is 19.4 Å². The van der Waals surface area contributed by atoms with Gasteiger partial charge in [-0.05, 0) is 167 Å². The van der Waals surface area contributed by atoms with Crippen LogP contribution in [0.2, 0.25) is 0 Å². The van der Waals surface area contributed by atoms with E-state index >= 15 is 0 Å². The van der Waals surface area contributed by atoms with Crippen molar-refractivity contribution in [2.24, 2.45) is 0 Å². The Morgan fingerprint density at radius 1 is 0.233 bits per heavy atom. The molecule has 0 saturated heterocycles. The molecule has 0 aliphatic carbocycles. The second kappa shape index (κ2) is 20.3. The predicted octanol–water partition coefficient (Wildman–Crippen LogP) is 19.5. The zero-order chi connectivity index (χ0) is 56.7. The van der Waals surface area contributed by atoms with Crippen LogP contribution in [0.4, 0.5) is 102 Å². The van der Waals surface area contributed by atoms with Crippen LogP contribution in [0.3, 0.4) is 0 Å². The average Bonchev–Trinajstić information content (AvgIpc) is 0.707. The molecule has 4 heterocycles. The summed E-state index contributed by atoms with van der Waals surface area (Å²) in [5, 5.41) is 0. The lowest BCUT2D eigenvalue weighted by atomic mass is 9.33. The molecule has 0 saturated carbocycles. The molecule has 0 amide bonds. The Labute approximate surface area is 502 Å². The maximum atomic E-state index is 2.62. The van der Waals surface area contributed by atoms with E-state index in [1.54, 1.807) is 0 Å². The van der Waals surface area contributed by atoms with Crippen molar-refractivity contribution >= 4 is 125 Å². The number of hydrogen-bond acceptors (Lipinski definition) is 6. The standard InChI is InChI=1S/C79H55BN6/c1-9-29-55(30-10-1)81(56-31-11-2-12-32-56)63-49-73-78-74(50-63)85(61-41-21-7-22-42-61)71-54-72-68(53-66(71)77(78)65-45-25-27-47-69(65)83(73)59-37-17-5-18-38-59)80-67-46-26-28-48-70(67)84(60-39-19-6-20-40-60)75-51-64(52-76(79(75)80)86(72)62-43-23-8-24-44-62)82(57-33-13-3-14-34-57)58-35-15-4-16-36-58/h1-54,77H. The van der Waals surface area contributed by atoms with Crippen LogP contribution in [0.15, 0.2) is 328 Å². The van der Waals surface area contributed by atoms with E-state index in [1.165, 1.54) is 33.1 Å². The number of para-hydroxylation sites is 10. The lowest BCUT2D eigenvalue weighted by Gasteiger charge is -2.48. The van der Waals surface area contributed by atoms with Crippen molar-refractivity contribution in [2.45, 2.75) is 5.92 Å². The Hall–Kier alpha value is -11.3. The highest BCUT2D eigenvalue weighted by Gasteiger charge is 2.48. The van der Waals surface area contributed by atoms with E-state index in [2.05, 4.69) is 357 Å². The van der Waals surface area contributed by atoms with E-state index < -0.39 is 0 Å². The lowest BCUT2D eigenvalue weighted by molar-refractivity contribution is 0.909. The van der Waals surface area contributed by atoms with Gasteiger partial charge in [0.25, 0.3) is 6.71 Å². The van der Waals surface area contributed by atoms with Crippen molar-refractivity contribution < 1.29 is 0 Å². The van der Waals surface area contributed by atoms with Gasteiger partial charge in [0.05, 0.1) is 34.1 Å². The van der Waals surface area contributed by atoms with Gasteiger partial charge in [0, 0.05) is 79.7 Å². The largest absolute Gasteiger partial charge is 0.311 e. The van der Waals surface area contributed by atoms with Crippen molar-refractivity contribution in [1.82, 2.24) is 0 Å². The first-order valence-electron chi connectivity index (χ1n) is 29.7. The molecule has 0 spiro atoms. The molecule has 404 valence electrons. The third-order valence-electron chi connectivity index (χ3n) is 17.7. The van der Waals surface area contributed by atoms with Crippen molar-refractivity contribution in [3.05, 3.63) is 344 Å². The minimum Gasteiger partial charge on any atom is -0.311 e. The number of nitrogens with zero attached hydrogens (tertiary/aromatic N) is 6. The Kier molecular flexibility index (Phi) is 11.6. The van der Waals surface area contributed by atoms with Crippen LogP contribution in [0.1, 0.15) is 22.6 Å². The monoisotopic (exact) mass is 1100 g/mol. The van der Waals surface area contributed by atoms with Crippen LogP contribution >= 0.6 is 0 Å². The van der Waals surface area contributed by atoms with Crippen LogP contribution in [-0.4, -0.2) is 6.71 Å². The van der Waals surface area contributed by atoms with Crippen molar-refractivity contribution in [3.8, 4) is 0 Å². The number of fused-ring (bicyclic) bond motifs is 8. The zero-order valence-corrected chi connectivity index (χ0v) is 47.0. The van der Waals surface area contributed by atoms with Gasteiger partial charge in [0.1, 0.15) is 0 Å². The predicted molar refractivity (Wildman–Crippen MR) is 360 cm³/mol. The summed E-state index contributed by atoms with van der Waals surface area (Å²) in [5.74, 6) is -0.147. The Balaban J connectivity index is 0.995. The Morgan fingerprint density at radius 2 is 0.570 bits per heavy atom. The van der Waals surface area contributed by atoms with Gasteiger partial charge in [-0.2, -0.15) is 0 Å². The van der Waals surface area contributed by atoms with Crippen molar-refractivity contribution in [2.75, 3.05) is 29.4 Å². The fraction of sp³-hybridized carbons (Fsp3) is 0.0127. The molecule has 17 rings (SSSR count). The lowest BCUT2D eigenvalue weighted by Crippen LogP contribution is -2.61. The Morgan fingerprint density at radius 3 is 1.01 bits per heavy atom. The minimum absolute atomic E-state index is 0.147. The van der Waals surface area contributed by atoms with Crippen LogP contribution in [0, 0.1) is 0 Å². The first kappa shape index (κ1) is 49.3. The van der Waals surface area contributed by atoms with Gasteiger partial charge >= 0.3 is 0 Å². The first-order chi connectivity index (χ1) is 42.7. The van der Waals surface area contributed by atoms with E-state index in [-0.39, 0.29) is 12.6 Å². The molecular formula is C79H55BN6. The number of anilines is 18. The summed E-state index contributed by atoms with van der Waals surface area (Å²) in [5.41, 5.74) is 27.5. The average molecular weight is 1100 g/mol. The van der Waals surface area contributed by atoms with Gasteiger partial charge < -0.3 is 29.4 Å². The fourth-order valence-corrected chi connectivity index (χ4v) is 14.2.